The van der Waals surface area contributed by atoms with Crippen LogP contribution in [-0.2, 0) is 6.42 Å². The van der Waals surface area contributed by atoms with Gasteiger partial charge in [-0.1, -0.05) is 41.9 Å². The van der Waals surface area contributed by atoms with E-state index in [4.69, 9.17) is 16.3 Å². The Balaban J connectivity index is 1.52. The van der Waals surface area contributed by atoms with Gasteiger partial charge >= 0.3 is 0 Å². The summed E-state index contributed by atoms with van der Waals surface area (Å²) in [5.74, 6) is 0.869. The van der Waals surface area contributed by atoms with Gasteiger partial charge in [0.2, 0.25) is 0 Å². The van der Waals surface area contributed by atoms with Crippen LogP contribution in [0.2, 0.25) is 5.02 Å². The minimum atomic E-state index is -0.487. The van der Waals surface area contributed by atoms with Gasteiger partial charge in [-0.15, -0.1) is 0 Å². The molecule has 0 heterocycles. The van der Waals surface area contributed by atoms with Crippen molar-refractivity contribution in [3.63, 3.8) is 0 Å². The predicted molar refractivity (Wildman–Crippen MR) is 102 cm³/mol. The minimum Gasteiger partial charge on any atom is -0.487 e. The summed E-state index contributed by atoms with van der Waals surface area (Å²) in [6.45, 7) is 2.87. The van der Waals surface area contributed by atoms with Gasteiger partial charge in [-0.2, -0.15) is 0 Å². The number of aryl methyl sites for hydroxylation is 1. The minimum absolute atomic E-state index is 0.0788. The van der Waals surface area contributed by atoms with E-state index in [9.17, 15) is 5.11 Å². The molecule has 1 saturated carbocycles. The van der Waals surface area contributed by atoms with E-state index in [1.807, 2.05) is 55.5 Å². The number of rotatable bonds is 6. The van der Waals surface area contributed by atoms with Crippen LogP contribution in [-0.4, -0.2) is 29.9 Å². The largest absolute Gasteiger partial charge is 0.487 e. The Morgan fingerprint density at radius 2 is 1.88 bits per heavy atom. The lowest BCUT2D eigenvalue weighted by Gasteiger charge is -2.35. The number of nitrogens with one attached hydrogen (secondary N) is 1. The van der Waals surface area contributed by atoms with Gasteiger partial charge in [0.15, 0.2) is 0 Å². The molecule has 0 spiro atoms. The first-order chi connectivity index (χ1) is 12.1. The molecular weight excluding hydrogens is 334 g/mol. The Labute approximate surface area is 155 Å². The van der Waals surface area contributed by atoms with Crippen LogP contribution in [0.3, 0.4) is 0 Å². The predicted octanol–water partition coefficient (Wildman–Crippen LogP) is 4.14. The molecule has 1 aliphatic rings. The zero-order valence-corrected chi connectivity index (χ0v) is 15.4. The van der Waals surface area contributed by atoms with Crippen molar-refractivity contribution < 1.29 is 9.84 Å². The van der Waals surface area contributed by atoms with E-state index in [-0.39, 0.29) is 12.1 Å². The molecular formula is C21H26ClNO2. The maximum atomic E-state index is 10.7. The molecule has 25 heavy (non-hydrogen) atoms. The highest BCUT2D eigenvalue weighted by atomic mass is 35.5. The normalized spacial score (nSPS) is 23.4. The highest BCUT2D eigenvalue weighted by Gasteiger charge is 2.33. The molecule has 1 aliphatic carbocycles. The number of hydrogen-bond acceptors (Lipinski definition) is 3. The first kappa shape index (κ1) is 18.2. The molecule has 1 fully saturated rings. The van der Waals surface area contributed by atoms with Crippen LogP contribution in [0.5, 0.6) is 5.75 Å². The van der Waals surface area contributed by atoms with Crippen LogP contribution in [0.15, 0.2) is 48.5 Å². The van der Waals surface area contributed by atoms with Gasteiger partial charge in [-0.05, 0) is 68.5 Å². The van der Waals surface area contributed by atoms with Gasteiger partial charge < -0.3 is 15.2 Å². The quantitative estimate of drug-likeness (QED) is 0.814. The molecule has 3 nitrogen and oxygen atoms in total. The Morgan fingerprint density at radius 3 is 2.64 bits per heavy atom. The third-order valence-corrected chi connectivity index (χ3v) is 5.15. The molecule has 4 heteroatoms. The van der Waals surface area contributed by atoms with Crippen molar-refractivity contribution in [2.45, 2.75) is 50.9 Å². The van der Waals surface area contributed by atoms with Crippen molar-refractivity contribution >= 4 is 11.6 Å². The number of benzene rings is 2. The third kappa shape index (κ3) is 4.97. The summed E-state index contributed by atoms with van der Waals surface area (Å²) in [4.78, 5) is 0. The Bertz CT molecular complexity index is 674. The maximum absolute atomic E-state index is 10.7. The average Bonchev–Trinajstić information content (AvgIpc) is 2.61. The van der Waals surface area contributed by atoms with Crippen LogP contribution in [0.25, 0.3) is 0 Å². The summed E-state index contributed by atoms with van der Waals surface area (Å²) in [6.07, 6.45) is 3.22. The molecule has 2 N–H and O–H groups in total. The zero-order chi connectivity index (χ0) is 17.6. The average molecular weight is 360 g/mol. The van der Waals surface area contributed by atoms with Gasteiger partial charge in [0, 0.05) is 11.1 Å². The molecule has 0 unspecified atom stereocenters. The molecule has 0 aliphatic heterocycles. The van der Waals surface area contributed by atoms with Gasteiger partial charge in [-0.25, -0.2) is 0 Å². The summed E-state index contributed by atoms with van der Waals surface area (Å²) in [6, 6.07) is 16.0. The summed E-state index contributed by atoms with van der Waals surface area (Å²) in [5, 5.41) is 15.0. The van der Waals surface area contributed by atoms with E-state index in [0.717, 1.165) is 48.6 Å². The Morgan fingerprint density at radius 1 is 1.12 bits per heavy atom. The second-order valence-corrected chi connectivity index (χ2v) is 7.22. The molecule has 2 aromatic rings. The monoisotopic (exact) mass is 359 g/mol. The summed E-state index contributed by atoms with van der Waals surface area (Å²) in [7, 11) is 0. The van der Waals surface area contributed by atoms with Gasteiger partial charge in [0.05, 0.1) is 0 Å². The smallest absolute Gasteiger partial charge is 0.126 e. The fourth-order valence-electron chi connectivity index (χ4n) is 3.40. The summed E-state index contributed by atoms with van der Waals surface area (Å²) < 4.78 is 6.10. The molecule has 0 aromatic heterocycles. The first-order valence-electron chi connectivity index (χ1n) is 9.01. The van der Waals surface area contributed by atoms with Crippen LogP contribution >= 0.6 is 11.6 Å². The zero-order valence-electron chi connectivity index (χ0n) is 14.6. The van der Waals surface area contributed by atoms with Crippen molar-refractivity contribution in [3.8, 4) is 5.75 Å². The standard InChI is InChI=1S/C21H26ClNO2/c1-15-5-2-3-7-19(15)25-20-8-4-6-18(21(20)24)23-14-13-16-9-11-17(22)12-10-16/h2-3,5,7,9-12,18,20-21,23-24H,4,6,8,13-14H2,1H3/t18-,20+,21+/m0/s1. The first-order valence-corrected chi connectivity index (χ1v) is 9.39. The lowest BCUT2D eigenvalue weighted by molar-refractivity contribution is -0.0154. The fourth-order valence-corrected chi connectivity index (χ4v) is 3.52. The fraction of sp³-hybridized carbons (Fsp3) is 0.429. The molecule has 3 rings (SSSR count). The number of halogens is 1. The topological polar surface area (TPSA) is 41.5 Å². The molecule has 0 amide bonds. The van der Waals surface area contributed by atoms with Crippen molar-refractivity contribution in [2.75, 3.05) is 6.54 Å². The molecule has 0 bridgehead atoms. The molecule has 3 atom stereocenters. The Hall–Kier alpha value is -1.55. The Kier molecular flexibility index (Phi) is 6.35. The van der Waals surface area contributed by atoms with E-state index in [0.29, 0.717) is 0 Å². The van der Waals surface area contributed by atoms with E-state index in [1.54, 1.807) is 0 Å². The van der Waals surface area contributed by atoms with E-state index < -0.39 is 6.10 Å². The third-order valence-electron chi connectivity index (χ3n) is 4.90. The van der Waals surface area contributed by atoms with Crippen LogP contribution in [0.1, 0.15) is 30.4 Å². The second-order valence-electron chi connectivity index (χ2n) is 6.78. The van der Waals surface area contributed by atoms with Gasteiger partial charge in [0.1, 0.15) is 18.0 Å². The van der Waals surface area contributed by atoms with Crippen LogP contribution in [0.4, 0.5) is 0 Å². The van der Waals surface area contributed by atoms with Crippen molar-refractivity contribution in [1.82, 2.24) is 5.32 Å². The summed E-state index contributed by atoms with van der Waals surface area (Å²) in [5.41, 5.74) is 2.35. The van der Waals surface area contributed by atoms with Crippen LogP contribution in [0, 0.1) is 6.92 Å². The second kappa shape index (κ2) is 8.70. The number of hydrogen-bond donors (Lipinski definition) is 2. The van der Waals surface area contributed by atoms with Crippen molar-refractivity contribution in [1.29, 1.82) is 0 Å². The highest BCUT2D eigenvalue weighted by Crippen LogP contribution is 2.26. The molecule has 0 radical (unpaired) electrons. The number of aliphatic hydroxyl groups excluding tert-OH is 1. The van der Waals surface area contributed by atoms with E-state index in [2.05, 4.69) is 5.32 Å². The highest BCUT2D eigenvalue weighted by molar-refractivity contribution is 6.30. The molecule has 2 aromatic carbocycles. The SMILES string of the molecule is Cc1ccccc1O[C@@H]1CCC[C@H](NCCc2ccc(Cl)cc2)[C@H]1O. The number of aliphatic hydroxyl groups is 1. The molecule has 0 saturated heterocycles. The van der Waals surface area contributed by atoms with Gasteiger partial charge in [-0.3, -0.25) is 0 Å². The maximum Gasteiger partial charge on any atom is 0.126 e. The van der Waals surface area contributed by atoms with Crippen molar-refractivity contribution in [3.05, 3.63) is 64.7 Å². The van der Waals surface area contributed by atoms with Gasteiger partial charge in [0.25, 0.3) is 0 Å². The van der Waals surface area contributed by atoms with Crippen LogP contribution < -0.4 is 10.1 Å². The lowest BCUT2D eigenvalue weighted by Crippen LogP contribution is -2.51. The lowest BCUT2D eigenvalue weighted by atomic mass is 9.89. The summed E-state index contributed by atoms with van der Waals surface area (Å²) >= 11 is 5.92. The van der Waals surface area contributed by atoms with Crippen molar-refractivity contribution in [2.24, 2.45) is 0 Å². The van der Waals surface area contributed by atoms with E-state index >= 15 is 0 Å². The molecule has 134 valence electrons. The van der Waals surface area contributed by atoms with E-state index in [1.165, 1.54) is 5.56 Å². The number of ether oxygens (including phenoxy) is 1. The number of para-hydroxylation sites is 1.